The topological polar surface area (TPSA) is 172 Å². The van der Waals surface area contributed by atoms with E-state index >= 15 is 0 Å². The summed E-state index contributed by atoms with van der Waals surface area (Å²) < 4.78 is 47.2. The number of aromatic nitrogens is 6. The molecular weight excluding hydrogens is 842 g/mol. The van der Waals surface area contributed by atoms with Crippen LogP contribution in [-0.4, -0.2) is 95.5 Å². The van der Waals surface area contributed by atoms with Crippen LogP contribution in [0.15, 0.2) is 66.0 Å². The summed E-state index contributed by atoms with van der Waals surface area (Å²) in [6.45, 7) is 4.59. The predicted molar refractivity (Wildman–Crippen MR) is 234 cm³/mol. The van der Waals surface area contributed by atoms with Gasteiger partial charge in [0.25, 0.3) is 5.91 Å². The molecule has 15 nitrogen and oxygen atoms in total. The van der Waals surface area contributed by atoms with E-state index in [-0.39, 0.29) is 35.4 Å². The van der Waals surface area contributed by atoms with Gasteiger partial charge >= 0.3 is 5.69 Å². The number of anilines is 1. The number of imide groups is 1. The van der Waals surface area contributed by atoms with Gasteiger partial charge in [-0.25, -0.2) is 28.5 Å². The Morgan fingerprint density at radius 1 is 0.908 bits per heavy atom. The molecule has 1 atom stereocenters. The Hall–Kier alpha value is -6.56. The highest BCUT2D eigenvalue weighted by Crippen LogP contribution is 2.57. The minimum Gasteiger partial charge on any atom is -0.503 e. The summed E-state index contributed by atoms with van der Waals surface area (Å²) in [7, 11) is 1.71. The van der Waals surface area contributed by atoms with Gasteiger partial charge < -0.3 is 19.7 Å². The molecule has 3 saturated carbocycles. The lowest BCUT2D eigenvalue weighted by atomic mass is 9.53. The van der Waals surface area contributed by atoms with E-state index in [0.29, 0.717) is 24.0 Å². The maximum Gasteiger partial charge on any atom is 0.329 e. The summed E-state index contributed by atoms with van der Waals surface area (Å²) >= 11 is 0. The first kappa shape index (κ1) is 42.4. The van der Waals surface area contributed by atoms with E-state index in [4.69, 9.17) is 15.0 Å². The van der Waals surface area contributed by atoms with Crippen molar-refractivity contribution in [3.8, 4) is 16.9 Å². The molecule has 11 rings (SSSR count). The van der Waals surface area contributed by atoms with E-state index in [2.05, 4.69) is 26.6 Å². The molecule has 6 aromatic rings. The minimum absolute atomic E-state index is 0.102. The molecule has 0 radical (unpaired) electrons. The number of hydrogen-bond acceptors (Lipinski definition) is 10. The van der Waals surface area contributed by atoms with Gasteiger partial charge in [-0.15, -0.1) is 0 Å². The average Bonchev–Trinajstić information content (AvgIpc) is 3.87. The number of phenols is 1. The third-order valence-electron chi connectivity index (χ3n) is 14.7. The van der Waals surface area contributed by atoms with Crippen LogP contribution >= 0.6 is 0 Å². The highest BCUT2D eigenvalue weighted by Gasteiger charge is 2.50. The monoisotopic (exact) mass is 890 g/mol. The number of hydrogen-bond donors (Lipinski definition) is 3. The van der Waals surface area contributed by atoms with Crippen molar-refractivity contribution < 1.29 is 32.7 Å². The average molecular weight is 891 g/mol. The highest BCUT2D eigenvalue weighted by molar-refractivity contribution is 6.00. The molecule has 2 aliphatic heterocycles. The molecule has 3 N–H and O–H groups in total. The smallest absolute Gasteiger partial charge is 0.329 e. The minimum atomic E-state index is -1.78. The molecule has 2 saturated heterocycles. The van der Waals surface area contributed by atoms with Crippen LogP contribution in [0.3, 0.4) is 0 Å². The van der Waals surface area contributed by atoms with Gasteiger partial charge in [-0.2, -0.15) is 4.39 Å². The van der Waals surface area contributed by atoms with Gasteiger partial charge in [-0.3, -0.25) is 33.7 Å². The van der Waals surface area contributed by atoms with E-state index in [9.17, 15) is 37.5 Å². The number of phenolic OH excluding ortho intramolecular Hbond substituents is 1. The molecular formula is C47H49F3N10O5. The molecule has 5 fully saturated rings. The summed E-state index contributed by atoms with van der Waals surface area (Å²) in [4.78, 5) is 69.4. The summed E-state index contributed by atoms with van der Waals surface area (Å²) in [5.41, 5.74) is 4.95. The summed E-state index contributed by atoms with van der Waals surface area (Å²) in [5, 5.41) is 14.4. The van der Waals surface area contributed by atoms with E-state index in [1.165, 1.54) is 4.57 Å². The van der Waals surface area contributed by atoms with Crippen LogP contribution in [-0.2, 0) is 28.5 Å². The number of aromatic hydroxyl groups is 1. The standard InChI is InChI=1S/C47H49F3N10O5/c1-56-35-21-28(4-5-33(35)60(45(56)65)34-6-7-38(61)55-43(34)64)3-2-15-57-17-19-58(20-18-57)44-51-24-30(25-52-44)29-8-16-59-26-36(54-37(59)22-29)47-12-9-46(10-13-47,11-14-47)27-53-42(63)31-23-32(48)41(62)40(50)39(31)49/h4-5,8,16,21-26,34,62H,2-3,6-7,9-15,17-20,27H2,1H3,(H,53,63)(H,55,61,64). The number of amides is 3. The normalized spacial score (nSPS) is 22.5. The van der Waals surface area contributed by atoms with Crippen LogP contribution in [0.2, 0.25) is 0 Å². The number of carbonyl (C=O) groups excluding carboxylic acids is 3. The zero-order chi connectivity index (χ0) is 45.2. The van der Waals surface area contributed by atoms with E-state index in [0.717, 1.165) is 118 Å². The van der Waals surface area contributed by atoms with Crippen molar-refractivity contribution in [1.29, 1.82) is 0 Å². The van der Waals surface area contributed by atoms with E-state index in [1.807, 2.05) is 53.3 Å². The second kappa shape index (κ2) is 16.5. The van der Waals surface area contributed by atoms with Crippen molar-refractivity contribution in [3.63, 3.8) is 0 Å². The molecule has 2 bridgehead atoms. The lowest BCUT2D eigenvalue weighted by molar-refractivity contribution is -0.135. The van der Waals surface area contributed by atoms with Gasteiger partial charge in [0.2, 0.25) is 23.6 Å². The first-order chi connectivity index (χ1) is 31.3. The van der Waals surface area contributed by atoms with Crippen LogP contribution in [0, 0.1) is 22.9 Å². The Morgan fingerprint density at radius 2 is 1.65 bits per heavy atom. The number of aryl methyl sites for hydroxylation is 2. The van der Waals surface area contributed by atoms with Crippen LogP contribution in [0.5, 0.6) is 5.75 Å². The van der Waals surface area contributed by atoms with Crippen LogP contribution < -0.4 is 21.2 Å². The highest BCUT2D eigenvalue weighted by atomic mass is 19.2. The number of halogens is 3. The molecule has 3 aliphatic carbocycles. The van der Waals surface area contributed by atoms with Gasteiger partial charge in [-0.1, -0.05) is 6.07 Å². The SMILES string of the molecule is Cn1c(=O)n(C2CCC(=O)NC2=O)c2ccc(CCCN3CCN(c4ncc(-c5ccn6cc(C78CCC(CNC(=O)c9cc(F)c(O)c(F)c9F)(CC7)CC8)nc6c5)cn4)CC3)cc21. The van der Waals surface area contributed by atoms with Gasteiger partial charge in [0.1, 0.15) is 11.7 Å². The predicted octanol–water partition coefficient (Wildman–Crippen LogP) is 5.32. The van der Waals surface area contributed by atoms with Crippen LogP contribution in [0.1, 0.15) is 85.4 Å². The van der Waals surface area contributed by atoms with Gasteiger partial charge in [0.05, 0.1) is 22.3 Å². The number of piperidine rings is 1. The number of pyridine rings is 1. The van der Waals surface area contributed by atoms with Gasteiger partial charge in [0.15, 0.2) is 17.4 Å². The zero-order valence-electron chi connectivity index (χ0n) is 36.0. The number of piperazine rings is 1. The number of rotatable bonds is 11. The Morgan fingerprint density at radius 3 is 2.37 bits per heavy atom. The molecule has 2 aromatic carbocycles. The molecule has 3 amide bonds. The Bertz CT molecular complexity index is 2910. The lowest BCUT2D eigenvalue weighted by Gasteiger charge is -2.53. The fourth-order valence-corrected chi connectivity index (χ4v) is 10.5. The number of nitrogens with one attached hydrogen (secondary N) is 2. The molecule has 6 heterocycles. The maximum atomic E-state index is 14.3. The van der Waals surface area contributed by atoms with E-state index in [1.54, 1.807) is 11.6 Å². The third-order valence-corrected chi connectivity index (χ3v) is 14.7. The largest absolute Gasteiger partial charge is 0.503 e. The summed E-state index contributed by atoms with van der Waals surface area (Å²) in [6, 6.07) is 9.86. The number of fused-ring (bicyclic) bond motifs is 5. The summed E-state index contributed by atoms with van der Waals surface area (Å²) in [5.74, 6) is -7.16. The first-order valence-corrected chi connectivity index (χ1v) is 22.3. The van der Waals surface area contributed by atoms with Gasteiger partial charge in [0, 0.05) is 82.0 Å². The molecule has 4 aromatic heterocycles. The molecule has 65 heavy (non-hydrogen) atoms. The van der Waals surface area contributed by atoms with Crippen molar-refractivity contribution in [2.24, 2.45) is 12.5 Å². The van der Waals surface area contributed by atoms with Crippen molar-refractivity contribution in [1.82, 2.24) is 44.0 Å². The summed E-state index contributed by atoms with van der Waals surface area (Å²) in [6.07, 6.45) is 15.2. The molecule has 338 valence electrons. The van der Waals surface area contributed by atoms with Crippen molar-refractivity contribution in [2.75, 3.05) is 44.2 Å². The molecule has 1 unspecified atom stereocenters. The molecule has 0 spiro atoms. The fourth-order valence-electron chi connectivity index (χ4n) is 10.5. The van der Waals surface area contributed by atoms with Gasteiger partial charge in [-0.05, 0) is 111 Å². The number of carbonyl (C=O) groups is 3. The number of imidazole rings is 2. The quantitative estimate of drug-likeness (QED) is 0.114. The molecule has 18 heteroatoms. The van der Waals surface area contributed by atoms with Crippen molar-refractivity contribution >= 4 is 40.4 Å². The first-order valence-electron chi connectivity index (χ1n) is 22.3. The lowest BCUT2D eigenvalue weighted by Crippen LogP contribution is -2.49. The maximum absolute atomic E-state index is 14.3. The van der Waals surface area contributed by atoms with Crippen LogP contribution in [0.4, 0.5) is 19.1 Å². The third kappa shape index (κ3) is 7.70. The Labute approximate surface area is 371 Å². The second-order valence-electron chi connectivity index (χ2n) is 18.4. The molecule has 5 aliphatic rings. The van der Waals surface area contributed by atoms with Crippen molar-refractivity contribution in [2.45, 2.75) is 75.7 Å². The number of nitrogens with zero attached hydrogens (tertiary/aromatic N) is 8. The zero-order valence-corrected chi connectivity index (χ0v) is 36.0. The Kier molecular flexibility index (Phi) is 10.7. The van der Waals surface area contributed by atoms with Crippen molar-refractivity contribution in [3.05, 3.63) is 106 Å². The number of benzene rings is 2. The second-order valence-corrected chi connectivity index (χ2v) is 18.4. The fraction of sp³-hybridized carbons (Fsp3) is 0.426. The Balaban J connectivity index is 0.711. The van der Waals surface area contributed by atoms with Crippen LogP contribution in [0.25, 0.3) is 27.8 Å². The van der Waals surface area contributed by atoms with E-state index < -0.39 is 46.6 Å².